The third-order valence-electron chi connectivity index (χ3n) is 4.74. The molecule has 7 heteroatoms. The second-order valence-corrected chi connectivity index (χ2v) is 6.56. The number of amides is 1. The van der Waals surface area contributed by atoms with E-state index in [1.807, 2.05) is 6.92 Å². The molecular weight excluding hydrogens is 360 g/mol. The monoisotopic (exact) mass is 380 g/mol. The fourth-order valence-electron chi connectivity index (χ4n) is 3.35. The van der Waals surface area contributed by atoms with Crippen molar-refractivity contribution in [1.82, 2.24) is 4.90 Å². The number of rotatable bonds is 6. The Kier molecular flexibility index (Phi) is 5.54. The van der Waals surface area contributed by atoms with Crippen molar-refractivity contribution in [2.45, 2.75) is 25.8 Å². The molecule has 1 unspecified atom stereocenters. The summed E-state index contributed by atoms with van der Waals surface area (Å²) < 4.78 is 0. The fraction of sp³-hybridized carbons (Fsp3) is 0.238. The van der Waals surface area contributed by atoms with E-state index in [1.54, 1.807) is 36.4 Å². The average Bonchev–Trinajstić information content (AvgIpc) is 2.97. The molecule has 1 N–H and O–H groups in total. The number of carbonyl (C=O) groups is 2. The van der Waals surface area contributed by atoms with Crippen LogP contribution in [0, 0.1) is 10.1 Å². The van der Waals surface area contributed by atoms with Crippen molar-refractivity contribution in [2.75, 3.05) is 6.54 Å². The normalized spacial score (nSPS) is 18.5. The molecule has 2 aromatic rings. The number of hydrogen-bond donors (Lipinski definition) is 1. The van der Waals surface area contributed by atoms with E-state index in [2.05, 4.69) is 0 Å². The first-order valence-electron chi connectivity index (χ1n) is 9.04. The average molecular weight is 380 g/mol. The zero-order valence-electron chi connectivity index (χ0n) is 15.4. The van der Waals surface area contributed by atoms with Gasteiger partial charge in [-0.25, -0.2) is 0 Å². The van der Waals surface area contributed by atoms with Gasteiger partial charge in [-0.3, -0.25) is 19.7 Å². The Morgan fingerprint density at radius 2 is 1.86 bits per heavy atom. The fourth-order valence-corrected chi connectivity index (χ4v) is 3.35. The maximum absolute atomic E-state index is 12.8. The second-order valence-electron chi connectivity index (χ2n) is 6.56. The van der Waals surface area contributed by atoms with Crippen LogP contribution in [0.2, 0.25) is 0 Å². The molecule has 1 amide bonds. The summed E-state index contributed by atoms with van der Waals surface area (Å²) in [5.41, 5.74) is 0.638. The summed E-state index contributed by atoms with van der Waals surface area (Å²) in [4.78, 5) is 37.5. The predicted molar refractivity (Wildman–Crippen MR) is 103 cm³/mol. The molecule has 3 rings (SSSR count). The summed E-state index contributed by atoms with van der Waals surface area (Å²) >= 11 is 0. The highest BCUT2D eigenvalue weighted by molar-refractivity contribution is 6.46. The lowest BCUT2D eigenvalue weighted by atomic mass is 9.95. The number of nitro benzene ring substituents is 1. The molecule has 0 spiro atoms. The molecule has 0 aromatic heterocycles. The number of unbranched alkanes of at least 4 members (excludes halogenated alkanes) is 1. The highest BCUT2D eigenvalue weighted by Crippen LogP contribution is 2.40. The van der Waals surface area contributed by atoms with Gasteiger partial charge in [0.05, 0.1) is 16.5 Å². The van der Waals surface area contributed by atoms with Gasteiger partial charge in [-0.05, 0) is 12.0 Å². The minimum Gasteiger partial charge on any atom is -0.507 e. The van der Waals surface area contributed by atoms with Crippen LogP contribution in [-0.2, 0) is 9.59 Å². The van der Waals surface area contributed by atoms with Gasteiger partial charge in [0.25, 0.3) is 17.4 Å². The zero-order chi connectivity index (χ0) is 20.3. The Labute approximate surface area is 162 Å². The molecule has 0 radical (unpaired) electrons. The van der Waals surface area contributed by atoms with Crippen LogP contribution in [0.5, 0.6) is 0 Å². The van der Waals surface area contributed by atoms with Gasteiger partial charge < -0.3 is 10.0 Å². The Hall–Kier alpha value is -3.48. The maximum Gasteiger partial charge on any atom is 0.295 e. The number of aliphatic hydroxyl groups is 1. The molecule has 28 heavy (non-hydrogen) atoms. The van der Waals surface area contributed by atoms with Crippen LogP contribution in [0.1, 0.15) is 36.9 Å². The molecule has 0 saturated carbocycles. The van der Waals surface area contributed by atoms with Gasteiger partial charge in [0.15, 0.2) is 0 Å². The van der Waals surface area contributed by atoms with Gasteiger partial charge in [0.1, 0.15) is 5.76 Å². The number of Topliss-reactive ketones (excluding diaryl/α,β-unsaturated/α-hetero) is 1. The summed E-state index contributed by atoms with van der Waals surface area (Å²) in [6.45, 7) is 2.28. The number of hydrogen-bond acceptors (Lipinski definition) is 5. The molecule has 1 aliphatic heterocycles. The standard InChI is InChI=1S/C21H20N2O5/c1-2-3-12-22-18(15-10-7-11-16(13-15)23(27)28)17(20(25)21(22)26)19(24)14-8-5-4-6-9-14/h4-11,13,18,24H,2-3,12H2,1H3/b19-17+. The lowest BCUT2D eigenvalue weighted by molar-refractivity contribution is -0.384. The molecule has 2 aromatic carbocycles. The van der Waals surface area contributed by atoms with Gasteiger partial charge in [-0.1, -0.05) is 55.8 Å². The van der Waals surface area contributed by atoms with Gasteiger partial charge in [0, 0.05) is 24.2 Å². The predicted octanol–water partition coefficient (Wildman–Crippen LogP) is 3.82. The van der Waals surface area contributed by atoms with Crippen LogP contribution in [0.15, 0.2) is 60.2 Å². The quantitative estimate of drug-likeness (QED) is 0.270. The first-order valence-corrected chi connectivity index (χ1v) is 9.04. The molecule has 1 atom stereocenters. The number of aliphatic hydroxyl groups excluding tert-OH is 1. The molecular formula is C21H20N2O5. The highest BCUT2D eigenvalue weighted by atomic mass is 16.6. The number of likely N-dealkylation sites (tertiary alicyclic amines) is 1. The van der Waals surface area contributed by atoms with E-state index in [-0.39, 0.29) is 17.0 Å². The van der Waals surface area contributed by atoms with E-state index in [0.717, 1.165) is 6.42 Å². The van der Waals surface area contributed by atoms with Gasteiger partial charge in [0.2, 0.25) is 0 Å². The van der Waals surface area contributed by atoms with E-state index in [4.69, 9.17) is 0 Å². The summed E-state index contributed by atoms with van der Waals surface area (Å²) in [5.74, 6) is -1.77. The molecule has 0 bridgehead atoms. The van der Waals surface area contributed by atoms with Crippen molar-refractivity contribution in [2.24, 2.45) is 0 Å². The zero-order valence-corrected chi connectivity index (χ0v) is 15.4. The number of carbonyl (C=O) groups excluding carboxylic acids is 2. The van der Waals surface area contributed by atoms with Crippen molar-refractivity contribution >= 4 is 23.1 Å². The van der Waals surface area contributed by atoms with E-state index in [9.17, 15) is 24.8 Å². The van der Waals surface area contributed by atoms with E-state index in [1.165, 1.54) is 23.1 Å². The van der Waals surface area contributed by atoms with E-state index in [0.29, 0.717) is 24.1 Å². The van der Waals surface area contributed by atoms with Crippen molar-refractivity contribution in [1.29, 1.82) is 0 Å². The van der Waals surface area contributed by atoms with Crippen LogP contribution in [0.3, 0.4) is 0 Å². The molecule has 0 aliphatic carbocycles. The SMILES string of the molecule is CCCCN1C(=O)C(=O)/C(=C(/O)c2ccccc2)C1c1cccc([N+](=O)[O-])c1. The Morgan fingerprint density at radius 3 is 2.50 bits per heavy atom. The van der Waals surface area contributed by atoms with Crippen LogP contribution < -0.4 is 0 Å². The maximum atomic E-state index is 12.8. The summed E-state index contributed by atoms with van der Waals surface area (Å²) in [6.07, 6.45) is 1.48. The highest BCUT2D eigenvalue weighted by Gasteiger charge is 2.46. The van der Waals surface area contributed by atoms with Crippen molar-refractivity contribution in [3.8, 4) is 0 Å². The minimum absolute atomic E-state index is 0.0483. The molecule has 1 saturated heterocycles. The van der Waals surface area contributed by atoms with Crippen molar-refractivity contribution < 1.29 is 19.6 Å². The van der Waals surface area contributed by atoms with Crippen molar-refractivity contribution in [3.05, 3.63) is 81.4 Å². The number of ketones is 1. The van der Waals surface area contributed by atoms with Crippen molar-refractivity contribution in [3.63, 3.8) is 0 Å². The summed E-state index contributed by atoms with van der Waals surface area (Å²) in [6, 6.07) is 13.4. The van der Waals surface area contributed by atoms with Crippen LogP contribution >= 0.6 is 0 Å². The molecule has 1 fully saturated rings. The van der Waals surface area contributed by atoms with Gasteiger partial charge in [-0.2, -0.15) is 0 Å². The topological polar surface area (TPSA) is 101 Å². The number of nitrogens with zero attached hydrogens (tertiary/aromatic N) is 2. The number of nitro groups is 1. The largest absolute Gasteiger partial charge is 0.507 e. The number of benzene rings is 2. The Balaban J connectivity index is 2.18. The first-order chi connectivity index (χ1) is 13.5. The van der Waals surface area contributed by atoms with E-state index < -0.39 is 22.7 Å². The van der Waals surface area contributed by atoms with E-state index >= 15 is 0 Å². The van der Waals surface area contributed by atoms with Gasteiger partial charge in [-0.15, -0.1) is 0 Å². The lowest BCUT2D eigenvalue weighted by Crippen LogP contribution is -2.30. The Bertz CT molecular complexity index is 952. The lowest BCUT2D eigenvalue weighted by Gasteiger charge is -2.25. The third kappa shape index (κ3) is 3.51. The van der Waals surface area contributed by atoms with Crippen LogP contribution in [0.4, 0.5) is 5.69 Å². The smallest absolute Gasteiger partial charge is 0.295 e. The summed E-state index contributed by atoms with van der Waals surface area (Å²) in [7, 11) is 0. The number of non-ortho nitro benzene ring substituents is 1. The third-order valence-corrected chi connectivity index (χ3v) is 4.74. The molecule has 7 nitrogen and oxygen atoms in total. The van der Waals surface area contributed by atoms with Crippen LogP contribution in [-0.4, -0.2) is 33.2 Å². The second kappa shape index (κ2) is 8.04. The molecule has 144 valence electrons. The minimum atomic E-state index is -0.869. The Morgan fingerprint density at radius 1 is 1.14 bits per heavy atom. The molecule has 1 heterocycles. The van der Waals surface area contributed by atoms with Gasteiger partial charge >= 0.3 is 0 Å². The molecule has 1 aliphatic rings. The summed E-state index contributed by atoms with van der Waals surface area (Å²) in [5, 5.41) is 22.0. The first kappa shape index (κ1) is 19.3. The van der Waals surface area contributed by atoms with Crippen LogP contribution in [0.25, 0.3) is 5.76 Å².